The summed E-state index contributed by atoms with van der Waals surface area (Å²) in [5, 5.41) is 0.814. The first-order valence-electron chi connectivity index (χ1n) is 8.73. The van der Waals surface area contributed by atoms with Crippen molar-refractivity contribution in [1.29, 1.82) is 0 Å². The van der Waals surface area contributed by atoms with Crippen molar-refractivity contribution < 1.29 is 0 Å². The predicted molar refractivity (Wildman–Crippen MR) is 102 cm³/mol. The third-order valence-corrected chi connectivity index (χ3v) is 5.45. The molecule has 1 aliphatic rings. The van der Waals surface area contributed by atoms with E-state index < -0.39 is 0 Å². The molecule has 0 N–H and O–H groups in total. The van der Waals surface area contributed by atoms with E-state index in [1.807, 2.05) is 24.5 Å². The molecule has 1 aromatic rings. The summed E-state index contributed by atoms with van der Waals surface area (Å²) in [4.78, 5) is 4.17. The standard InChI is InChI=1S/C21H30ClN/c1-20(2,12-9-17-10-15-23-16-11-17)13-14-21(3,4)18-5-7-19(22)8-6-18/h5-8,10,15-17H,9,11-14H2,1-4H3. The molecule has 1 atom stereocenters. The molecule has 1 heterocycles. The summed E-state index contributed by atoms with van der Waals surface area (Å²) in [5.74, 6) is 0.677. The Morgan fingerprint density at radius 1 is 1.04 bits per heavy atom. The Bertz CT molecular complexity index is 552. The van der Waals surface area contributed by atoms with Gasteiger partial charge in [-0.2, -0.15) is 0 Å². The molecular weight excluding hydrogens is 302 g/mol. The van der Waals surface area contributed by atoms with Gasteiger partial charge in [0.25, 0.3) is 0 Å². The van der Waals surface area contributed by atoms with Crippen molar-refractivity contribution in [3.05, 3.63) is 47.1 Å². The van der Waals surface area contributed by atoms with Gasteiger partial charge in [0.2, 0.25) is 0 Å². The fourth-order valence-electron chi connectivity index (χ4n) is 3.12. The lowest BCUT2D eigenvalue weighted by Gasteiger charge is -2.32. The van der Waals surface area contributed by atoms with Gasteiger partial charge in [-0.1, -0.05) is 57.5 Å². The highest BCUT2D eigenvalue weighted by Gasteiger charge is 2.26. The highest BCUT2D eigenvalue weighted by Crippen LogP contribution is 2.37. The molecule has 0 saturated carbocycles. The largest absolute Gasteiger partial charge is 0.269 e. The van der Waals surface area contributed by atoms with E-state index in [4.69, 9.17) is 11.6 Å². The lowest BCUT2D eigenvalue weighted by Crippen LogP contribution is -2.22. The SMILES string of the molecule is CC(C)(CCC1C=CN=CC1)CCC(C)(C)c1ccc(Cl)cc1. The lowest BCUT2D eigenvalue weighted by molar-refractivity contribution is 0.252. The summed E-state index contributed by atoms with van der Waals surface area (Å²) in [6, 6.07) is 8.34. The van der Waals surface area contributed by atoms with Crippen molar-refractivity contribution in [2.24, 2.45) is 16.3 Å². The normalized spacial score (nSPS) is 18.4. The first-order chi connectivity index (χ1) is 10.8. The van der Waals surface area contributed by atoms with Gasteiger partial charge in [0.05, 0.1) is 0 Å². The molecular formula is C21H30ClN. The monoisotopic (exact) mass is 331 g/mol. The van der Waals surface area contributed by atoms with Crippen LogP contribution in [0.25, 0.3) is 0 Å². The van der Waals surface area contributed by atoms with Crippen LogP contribution in [0.15, 0.2) is 41.5 Å². The van der Waals surface area contributed by atoms with Gasteiger partial charge >= 0.3 is 0 Å². The molecule has 0 fully saturated rings. The average Bonchev–Trinajstić information content (AvgIpc) is 2.53. The van der Waals surface area contributed by atoms with Crippen LogP contribution in [0.1, 0.15) is 65.4 Å². The molecule has 0 amide bonds. The molecule has 23 heavy (non-hydrogen) atoms. The van der Waals surface area contributed by atoms with Gasteiger partial charge in [-0.25, -0.2) is 0 Å². The number of hydrogen-bond acceptors (Lipinski definition) is 1. The number of hydrogen-bond donors (Lipinski definition) is 0. The van der Waals surface area contributed by atoms with E-state index in [0.717, 1.165) is 11.4 Å². The Kier molecular flexibility index (Phi) is 6.08. The zero-order valence-corrected chi connectivity index (χ0v) is 15.7. The topological polar surface area (TPSA) is 12.4 Å². The van der Waals surface area contributed by atoms with Crippen molar-refractivity contribution in [2.45, 2.75) is 65.2 Å². The Balaban J connectivity index is 1.85. The molecule has 2 rings (SSSR count). The highest BCUT2D eigenvalue weighted by atomic mass is 35.5. The molecule has 126 valence electrons. The average molecular weight is 332 g/mol. The maximum Gasteiger partial charge on any atom is 0.0406 e. The van der Waals surface area contributed by atoms with Crippen molar-refractivity contribution in [1.82, 2.24) is 0 Å². The quantitative estimate of drug-likeness (QED) is 0.520. The molecule has 0 radical (unpaired) electrons. The van der Waals surface area contributed by atoms with E-state index in [1.165, 1.54) is 31.2 Å². The van der Waals surface area contributed by atoms with Crippen LogP contribution >= 0.6 is 11.6 Å². The fraction of sp³-hybridized carbons (Fsp3) is 0.571. The number of aliphatic imine (C=N–C) groups is 1. The number of halogens is 1. The third kappa shape index (κ3) is 5.80. The Morgan fingerprint density at radius 3 is 2.35 bits per heavy atom. The number of allylic oxidation sites excluding steroid dienone is 1. The van der Waals surface area contributed by atoms with Crippen molar-refractivity contribution >= 4 is 17.8 Å². The molecule has 0 bridgehead atoms. The molecule has 0 aliphatic carbocycles. The molecule has 2 heteroatoms. The second-order valence-corrected chi connectivity index (χ2v) is 8.70. The Labute approximate surface area is 146 Å². The van der Waals surface area contributed by atoms with Gasteiger partial charge in [-0.3, -0.25) is 4.99 Å². The van der Waals surface area contributed by atoms with Crippen LogP contribution < -0.4 is 0 Å². The van der Waals surface area contributed by atoms with Crippen LogP contribution in [0.2, 0.25) is 5.02 Å². The van der Waals surface area contributed by atoms with Gasteiger partial charge in [-0.15, -0.1) is 0 Å². The van der Waals surface area contributed by atoms with Gasteiger partial charge in [0.1, 0.15) is 0 Å². The van der Waals surface area contributed by atoms with Crippen LogP contribution in [-0.2, 0) is 5.41 Å². The van der Waals surface area contributed by atoms with Crippen LogP contribution in [0.4, 0.5) is 0 Å². The number of benzene rings is 1. The summed E-state index contributed by atoms with van der Waals surface area (Å²) < 4.78 is 0. The zero-order valence-electron chi connectivity index (χ0n) is 15.0. The number of rotatable bonds is 7. The van der Waals surface area contributed by atoms with Crippen LogP contribution in [-0.4, -0.2) is 6.21 Å². The predicted octanol–water partition coefficient (Wildman–Crippen LogP) is 6.81. The van der Waals surface area contributed by atoms with Crippen molar-refractivity contribution in [2.75, 3.05) is 0 Å². The van der Waals surface area contributed by atoms with E-state index in [0.29, 0.717) is 11.3 Å². The van der Waals surface area contributed by atoms with E-state index in [1.54, 1.807) is 0 Å². The van der Waals surface area contributed by atoms with Crippen LogP contribution in [0.3, 0.4) is 0 Å². The summed E-state index contributed by atoms with van der Waals surface area (Å²) in [6.07, 6.45) is 12.3. The summed E-state index contributed by atoms with van der Waals surface area (Å²) in [7, 11) is 0. The van der Waals surface area contributed by atoms with E-state index in [9.17, 15) is 0 Å². The zero-order chi connectivity index (χ0) is 16.9. The molecule has 0 aromatic heterocycles. The first kappa shape index (κ1) is 18.3. The van der Waals surface area contributed by atoms with E-state index in [2.05, 4.69) is 50.9 Å². The van der Waals surface area contributed by atoms with Gasteiger partial charge < -0.3 is 0 Å². The van der Waals surface area contributed by atoms with E-state index in [-0.39, 0.29) is 5.41 Å². The Morgan fingerprint density at radius 2 is 1.74 bits per heavy atom. The first-order valence-corrected chi connectivity index (χ1v) is 9.11. The van der Waals surface area contributed by atoms with Crippen molar-refractivity contribution in [3.63, 3.8) is 0 Å². The molecule has 1 aromatic carbocycles. The minimum Gasteiger partial charge on any atom is -0.269 e. The maximum absolute atomic E-state index is 6.01. The molecule has 0 saturated heterocycles. The van der Waals surface area contributed by atoms with Gasteiger partial charge in [0.15, 0.2) is 0 Å². The third-order valence-electron chi connectivity index (χ3n) is 5.20. The fourth-order valence-corrected chi connectivity index (χ4v) is 3.24. The lowest BCUT2D eigenvalue weighted by atomic mass is 9.73. The maximum atomic E-state index is 6.01. The molecule has 0 spiro atoms. The number of nitrogens with zero attached hydrogens (tertiary/aromatic N) is 1. The van der Waals surface area contributed by atoms with Crippen LogP contribution in [0, 0.1) is 11.3 Å². The summed E-state index contributed by atoms with van der Waals surface area (Å²) in [5.41, 5.74) is 1.95. The smallest absolute Gasteiger partial charge is 0.0406 e. The summed E-state index contributed by atoms with van der Waals surface area (Å²) >= 11 is 6.01. The minimum absolute atomic E-state index is 0.194. The summed E-state index contributed by atoms with van der Waals surface area (Å²) in [6.45, 7) is 9.50. The molecule has 1 aliphatic heterocycles. The highest BCUT2D eigenvalue weighted by molar-refractivity contribution is 6.30. The van der Waals surface area contributed by atoms with Gasteiger partial charge in [0, 0.05) is 17.4 Å². The molecule has 1 unspecified atom stereocenters. The van der Waals surface area contributed by atoms with E-state index >= 15 is 0 Å². The van der Waals surface area contributed by atoms with Crippen LogP contribution in [0.5, 0.6) is 0 Å². The Hall–Kier alpha value is -1.08. The second-order valence-electron chi connectivity index (χ2n) is 8.26. The minimum atomic E-state index is 0.194. The van der Waals surface area contributed by atoms with Gasteiger partial charge in [-0.05, 0) is 66.5 Å². The molecule has 1 nitrogen and oxygen atoms in total. The van der Waals surface area contributed by atoms with Crippen molar-refractivity contribution in [3.8, 4) is 0 Å². The second kappa shape index (κ2) is 7.66.